The smallest absolute Gasteiger partial charge is 0.376 e. The SMILES string of the molecule is CCC(C)OP(=O)(O)C(C)=NOC(=O)COc1ccc(Cl)cc1. The fourth-order valence-corrected chi connectivity index (χ4v) is 2.32. The molecule has 0 fully saturated rings. The van der Waals surface area contributed by atoms with Crippen molar-refractivity contribution >= 4 is 30.6 Å². The molecule has 0 spiro atoms. The van der Waals surface area contributed by atoms with Gasteiger partial charge in [-0.2, -0.15) is 0 Å². The van der Waals surface area contributed by atoms with Crippen LogP contribution in [0.1, 0.15) is 27.2 Å². The number of ether oxygens (including phenoxy) is 1. The summed E-state index contributed by atoms with van der Waals surface area (Å²) in [6, 6.07) is 6.40. The van der Waals surface area contributed by atoms with E-state index in [2.05, 4.69) is 9.99 Å². The van der Waals surface area contributed by atoms with Crippen LogP contribution in [-0.4, -0.2) is 29.0 Å². The molecular weight excluding hydrogens is 345 g/mol. The Morgan fingerprint density at radius 3 is 2.57 bits per heavy atom. The van der Waals surface area contributed by atoms with Gasteiger partial charge in [0.05, 0.1) is 6.10 Å². The minimum absolute atomic E-state index is 0.308. The highest BCUT2D eigenvalue weighted by Crippen LogP contribution is 2.45. The molecule has 0 radical (unpaired) electrons. The zero-order valence-electron chi connectivity index (χ0n) is 13.1. The molecule has 0 heterocycles. The van der Waals surface area contributed by atoms with Crippen molar-refractivity contribution < 1.29 is 28.4 Å². The molecule has 0 amide bonds. The van der Waals surface area contributed by atoms with Gasteiger partial charge in [-0.1, -0.05) is 23.7 Å². The third-order valence-corrected chi connectivity index (χ3v) is 4.55. The monoisotopic (exact) mass is 363 g/mol. The number of rotatable bonds is 8. The molecule has 0 bridgehead atoms. The maximum absolute atomic E-state index is 11.9. The van der Waals surface area contributed by atoms with Crippen LogP contribution >= 0.6 is 19.2 Å². The number of carbonyl (C=O) groups excluding carboxylic acids is 1. The molecule has 128 valence electrons. The van der Waals surface area contributed by atoms with Crippen molar-refractivity contribution in [2.45, 2.75) is 33.3 Å². The van der Waals surface area contributed by atoms with E-state index in [9.17, 15) is 14.3 Å². The van der Waals surface area contributed by atoms with Crippen molar-refractivity contribution in [3.63, 3.8) is 0 Å². The number of benzene rings is 1. The van der Waals surface area contributed by atoms with Crippen LogP contribution in [0.5, 0.6) is 5.75 Å². The summed E-state index contributed by atoms with van der Waals surface area (Å²) in [6.07, 6.45) is 0.145. The van der Waals surface area contributed by atoms with Crippen LogP contribution in [-0.2, 0) is 18.7 Å². The van der Waals surface area contributed by atoms with Gasteiger partial charge in [-0.05, 0) is 44.5 Å². The topological polar surface area (TPSA) is 94.4 Å². The first kappa shape index (κ1) is 19.6. The first-order chi connectivity index (χ1) is 10.7. The average Bonchev–Trinajstić information content (AvgIpc) is 2.51. The first-order valence-corrected chi connectivity index (χ1v) is 8.84. The Kier molecular flexibility index (Phi) is 7.72. The second kappa shape index (κ2) is 9.03. The Labute approximate surface area is 139 Å². The zero-order valence-corrected chi connectivity index (χ0v) is 14.7. The highest BCUT2D eigenvalue weighted by atomic mass is 35.5. The Bertz CT molecular complexity index is 604. The molecule has 0 saturated carbocycles. The standard InChI is InChI=1S/C14H19ClNO6P/c1-4-10(2)22-23(18,19)11(3)16-21-14(17)9-20-13-7-5-12(15)6-8-13/h5-8,10H,4,9H2,1-3H3,(H,18,19). The van der Waals surface area contributed by atoms with E-state index in [4.69, 9.17) is 20.9 Å². The predicted molar refractivity (Wildman–Crippen MR) is 86.8 cm³/mol. The molecule has 0 saturated heterocycles. The highest BCUT2D eigenvalue weighted by Gasteiger charge is 2.27. The minimum Gasteiger partial charge on any atom is -0.482 e. The van der Waals surface area contributed by atoms with Crippen LogP contribution in [0.15, 0.2) is 29.4 Å². The second-order valence-corrected chi connectivity index (χ2v) is 7.02. The average molecular weight is 364 g/mol. The summed E-state index contributed by atoms with van der Waals surface area (Å²) in [5.74, 6) is -0.386. The van der Waals surface area contributed by atoms with Crippen molar-refractivity contribution in [3.05, 3.63) is 29.3 Å². The summed E-state index contributed by atoms with van der Waals surface area (Å²) in [5, 5.41) is 3.88. The Morgan fingerprint density at radius 2 is 2.00 bits per heavy atom. The van der Waals surface area contributed by atoms with Crippen LogP contribution in [0.3, 0.4) is 0 Å². The maximum atomic E-state index is 11.9. The number of carbonyl (C=O) groups is 1. The molecule has 0 aliphatic carbocycles. The Balaban J connectivity index is 2.50. The quantitative estimate of drug-likeness (QED) is 0.328. The van der Waals surface area contributed by atoms with Gasteiger partial charge in [-0.25, -0.2) is 4.79 Å². The highest BCUT2D eigenvalue weighted by molar-refractivity contribution is 7.71. The molecule has 0 aromatic heterocycles. The molecule has 7 nitrogen and oxygen atoms in total. The lowest BCUT2D eigenvalue weighted by molar-refractivity contribution is -0.145. The molecule has 23 heavy (non-hydrogen) atoms. The predicted octanol–water partition coefficient (Wildman–Crippen LogP) is 3.60. The van der Waals surface area contributed by atoms with E-state index in [0.29, 0.717) is 17.2 Å². The largest absolute Gasteiger partial charge is 0.482 e. The molecule has 2 atom stereocenters. The molecule has 1 aromatic carbocycles. The van der Waals surface area contributed by atoms with Gasteiger partial charge in [0.1, 0.15) is 5.75 Å². The van der Waals surface area contributed by atoms with Crippen molar-refractivity contribution in [1.29, 1.82) is 0 Å². The van der Waals surface area contributed by atoms with Gasteiger partial charge in [0.15, 0.2) is 12.1 Å². The summed E-state index contributed by atoms with van der Waals surface area (Å²) in [5.41, 5.74) is -0.308. The summed E-state index contributed by atoms with van der Waals surface area (Å²) in [6.45, 7) is 4.31. The van der Waals surface area contributed by atoms with Gasteiger partial charge in [0.25, 0.3) is 0 Å². The molecule has 0 aliphatic heterocycles. The van der Waals surface area contributed by atoms with Gasteiger partial charge in [0.2, 0.25) is 0 Å². The lowest BCUT2D eigenvalue weighted by Crippen LogP contribution is -2.14. The lowest BCUT2D eigenvalue weighted by Gasteiger charge is -2.15. The van der Waals surface area contributed by atoms with Crippen molar-refractivity contribution in [2.24, 2.45) is 5.16 Å². The van der Waals surface area contributed by atoms with Crippen LogP contribution in [0.25, 0.3) is 0 Å². The van der Waals surface area contributed by atoms with Crippen LogP contribution < -0.4 is 4.74 Å². The summed E-state index contributed by atoms with van der Waals surface area (Å²) in [4.78, 5) is 25.7. The fraction of sp³-hybridized carbons (Fsp3) is 0.429. The molecule has 1 rings (SSSR count). The molecule has 2 unspecified atom stereocenters. The van der Waals surface area contributed by atoms with E-state index >= 15 is 0 Å². The van der Waals surface area contributed by atoms with E-state index in [1.807, 2.05) is 6.92 Å². The fourth-order valence-electron chi connectivity index (χ4n) is 1.26. The van der Waals surface area contributed by atoms with Gasteiger partial charge in [0, 0.05) is 5.02 Å². The number of hydrogen-bond donors (Lipinski definition) is 1. The molecule has 1 N–H and O–H groups in total. The third kappa shape index (κ3) is 7.14. The first-order valence-electron chi connectivity index (χ1n) is 6.89. The normalized spacial score (nSPS) is 15.6. The molecule has 9 heteroatoms. The van der Waals surface area contributed by atoms with Gasteiger partial charge in [-0.3, -0.25) is 4.57 Å². The minimum atomic E-state index is -4.08. The lowest BCUT2D eigenvalue weighted by atomic mass is 10.3. The van der Waals surface area contributed by atoms with Crippen LogP contribution in [0, 0.1) is 0 Å². The number of oxime groups is 1. The number of halogens is 1. The second-order valence-electron chi connectivity index (χ2n) is 4.69. The number of nitrogens with zero attached hydrogens (tertiary/aromatic N) is 1. The van der Waals surface area contributed by atoms with E-state index in [1.165, 1.54) is 6.92 Å². The molecule has 0 aliphatic rings. The van der Waals surface area contributed by atoms with Crippen molar-refractivity contribution in [3.8, 4) is 5.75 Å². The summed E-state index contributed by atoms with van der Waals surface area (Å²) < 4.78 is 22.0. The van der Waals surface area contributed by atoms with E-state index in [0.717, 1.165) is 0 Å². The Hall–Kier alpha value is -1.40. The summed E-state index contributed by atoms with van der Waals surface area (Å²) >= 11 is 5.72. The van der Waals surface area contributed by atoms with Crippen LogP contribution in [0.2, 0.25) is 5.02 Å². The third-order valence-electron chi connectivity index (χ3n) is 2.76. The van der Waals surface area contributed by atoms with E-state index in [1.54, 1.807) is 31.2 Å². The van der Waals surface area contributed by atoms with Crippen molar-refractivity contribution in [2.75, 3.05) is 6.61 Å². The van der Waals surface area contributed by atoms with E-state index in [-0.39, 0.29) is 5.45 Å². The van der Waals surface area contributed by atoms with Crippen molar-refractivity contribution in [1.82, 2.24) is 0 Å². The number of hydrogen-bond acceptors (Lipinski definition) is 6. The molecule has 1 aromatic rings. The van der Waals surface area contributed by atoms with Gasteiger partial charge < -0.3 is 19.0 Å². The summed E-state index contributed by atoms with van der Waals surface area (Å²) in [7, 11) is -4.08. The van der Waals surface area contributed by atoms with Gasteiger partial charge in [-0.15, -0.1) is 0 Å². The van der Waals surface area contributed by atoms with Gasteiger partial charge >= 0.3 is 13.6 Å². The molecular formula is C14H19ClNO6P. The van der Waals surface area contributed by atoms with Crippen LogP contribution in [0.4, 0.5) is 0 Å². The van der Waals surface area contributed by atoms with E-state index < -0.39 is 26.3 Å². The zero-order chi connectivity index (χ0) is 17.5. The Morgan fingerprint density at radius 1 is 1.39 bits per heavy atom. The maximum Gasteiger partial charge on any atom is 0.376 e.